The molecular formula is C15H17BF3N5O2. The predicted molar refractivity (Wildman–Crippen MR) is 93.7 cm³/mol. The highest BCUT2D eigenvalue weighted by molar-refractivity contribution is 6.58. The number of halogens is 3. The van der Waals surface area contributed by atoms with Crippen LogP contribution in [0.3, 0.4) is 0 Å². The van der Waals surface area contributed by atoms with E-state index in [0.717, 1.165) is 17.3 Å². The van der Waals surface area contributed by atoms with Gasteiger partial charge in [-0.15, -0.1) is 5.10 Å². The van der Waals surface area contributed by atoms with Crippen molar-refractivity contribution in [2.75, 3.05) is 12.4 Å². The second-order valence-corrected chi connectivity index (χ2v) is 5.44. The van der Waals surface area contributed by atoms with Gasteiger partial charge in [0.25, 0.3) is 0 Å². The smallest absolute Gasteiger partial charge is 0.423 e. The van der Waals surface area contributed by atoms with Gasteiger partial charge in [-0.1, -0.05) is 12.1 Å². The molecule has 7 N–H and O–H groups in total. The summed E-state index contributed by atoms with van der Waals surface area (Å²) in [5.74, 6) is 5.36. The largest absolute Gasteiger partial charge is 0.488 e. The zero-order valence-electron chi connectivity index (χ0n) is 13.7. The van der Waals surface area contributed by atoms with E-state index >= 15 is 0 Å². The molecule has 2 aromatic carbocycles. The van der Waals surface area contributed by atoms with E-state index in [0.29, 0.717) is 5.69 Å². The van der Waals surface area contributed by atoms with Crippen LogP contribution in [-0.2, 0) is 6.18 Å². The van der Waals surface area contributed by atoms with Crippen molar-refractivity contribution in [1.82, 2.24) is 5.12 Å². The summed E-state index contributed by atoms with van der Waals surface area (Å²) in [6.07, 6.45) is -4.48. The maximum atomic E-state index is 12.9. The van der Waals surface area contributed by atoms with Gasteiger partial charge < -0.3 is 21.1 Å². The van der Waals surface area contributed by atoms with Gasteiger partial charge in [0, 0.05) is 24.0 Å². The Morgan fingerprint density at radius 2 is 1.88 bits per heavy atom. The minimum absolute atomic E-state index is 0.0630. The molecule has 7 nitrogen and oxygen atoms in total. The Hall–Kier alpha value is -2.76. The first-order chi connectivity index (χ1) is 12.1. The van der Waals surface area contributed by atoms with Crippen LogP contribution in [0.15, 0.2) is 47.6 Å². The van der Waals surface area contributed by atoms with Gasteiger partial charge in [-0.3, -0.25) is 0 Å². The number of anilines is 2. The molecule has 0 unspecified atom stereocenters. The van der Waals surface area contributed by atoms with Crippen LogP contribution < -0.4 is 22.4 Å². The number of alkyl halides is 3. The maximum absolute atomic E-state index is 12.9. The molecule has 2 aromatic rings. The van der Waals surface area contributed by atoms with Gasteiger partial charge in [-0.2, -0.15) is 13.2 Å². The molecule has 11 heteroatoms. The predicted octanol–water partition coefficient (Wildman–Crippen LogP) is 0.555. The number of nitrogens with one attached hydrogen (secondary N) is 1. The summed E-state index contributed by atoms with van der Waals surface area (Å²) in [4.78, 5) is 0. The van der Waals surface area contributed by atoms with Crippen LogP contribution in [0.5, 0.6) is 0 Å². The lowest BCUT2D eigenvalue weighted by Gasteiger charge is -2.16. The first kappa shape index (κ1) is 19.6. The van der Waals surface area contributed by atoms with Crippen molar-refractivity contribution in [3.8, 4) is 0 Å². The lowest BCUT2D eigenvalue weighted by Crippen LogP contribution is -2.32. The second-order valence-electron chi connectivity index (χ2n) is 5.44. The first-order valence-electron chi connectivity index (χ1n) is 7.35. The summed E-state index contributed by atoms with van der Waals surface area (Å²) in [6.45, 7) is 0. The Balaban J connectivity index is 2.46. The normalized spacial score (nSPS) is 12.0. The number of nitrogens with two attached hydrogens (primary N) is 2. The Labute approximate surface area is 147 Å². The average Bonchev–Trinajstić information content (AvgIpc) is 2.53. The summed E-state index contributed by atoms with van der Waals surface area (Å²) >= 11 is 0. The van der Waals surface area contributed by atoms with Gasteiger partial charge in [0.15, 0.2) is 5.84 Å². The fraction of sp³-hybridized carbons (Fsp3) is 0.133. The van der Waals surface area contributed by atoms with Gasteiger partial charge in [0.1, 0.15) is 0 Å². The van der Waals surface area contributed by atoms with Gasteiger partial charge in [0.05, 0.1) is 5.56 Å². The second kappa shape index (κ2) is 7.64. The molecular weight excluding hydrogens is 350 g/mol. The third-order valence-corrected chi connectivity index (χ3v) is 3.35. The van der Waals surface area contributed by atoms with E-state index in [4.69, 9.17) is 11.6 Å². The van der Waals surface area contributed by atoms with Crippen LogP contribution in [0.25, 0.3) is 0 Å². The highest BCUT2D eigenvalue weighted by Gasteiger charge is 2.30. The molecule has 0 aliphatic rings. The number of rotatable bonds is 5. The minimum Gasteiger partial charge on any atom is -0.423 e. The molecule has 0 aliphatic heterocycles. The maximum Gasteiger partial charge on any atom is 0.488 e. The number of amidine groups is 1. The molecule has 0 bridgehead atoms. The van der Waals surface area contributed by atoms with Crippen molar-refractivity contribution in [1.29, 1.82) is 0 Å². The van der Waals surface area contributed by atoms with Crippen molar-refractivity contribution in [2.24, 2.45) is 16.7 Å². The molecule has 0 saturated carbocycles. The van der Waals surface area contributed by atoms with E-state index in [9.17, 15) is 23.2 Å². The summed E-state index contributed by atoms with van der Waals surface area (Å²) in [5.41, 5.74) is 5.92. The number of benzene rings is 2. The van der Waals surface area contributed by atoms with Gasteiger partial charge >= 0.3 is 13.3 Å². The van der Waals surface area contributed by atoms with Crippen molar-refractivity contribution in [3.63, 3.8) is 0 Å². The van der Waals surface area contributed by atoms with Crippen molar-refractivity contribution >= 4 is 29.8 Å². The van der Waals surface area contributed by atoms with Gasteiger partial charge in [-0.05, 0) is 35.8 Å². The van der Waals surface area contributed by atoms with E-state index in [-0.39, 0.29) is 22.5 Å². The number of hydrazine groups is 1. The summed E-state index contributed by atoms with van der Waals surface area (Å²) in [6, 6.07) is 8.81. The molecule has 0 spiro atoms. The number of hydrazone groups is 1. The Morgan fingerprint density at radius 1 is 1.19 bits per heavy atom. The first-order valence-corrected chi connectivity index (χ1v) is 7.35. The highest BCUT2D eigenvalue weighted by atomic mass is 19.4. The number of nitrogens with zero attached hydrogens (tertiary/aromatic N) is 2. The minimum atomic E-state index is -4.48. The molecule has 2 rings (SSSR count). The van der Waals surface area contributed by atoms with E-state index < -0.39 is 18.9 Å². The van der Waals surface area contributed by atoms with Gasteiger partial charge in [0.2, 0.25) is 0 Å². The topological polar surface area (TPSA) is 120 Å². The summed E-state index contributed by atoms with van der Waals surface area (Å²) in [7, 11) is -0.322. The monoisotopic (exact) mass is 367 g/mol. The van der Waals surface area contributed by atoms with Crippen LogP contribution in [0, 0.1) is 0 Å². The Morgan fingerprint density at radius 3 is 2.46 bits per heavy atom. The summed E-state index contributed by atoms with van der Waals surface area (Å²) < 4.78 is 38.6. The SMILES string of the molecule is CN(N)/N=C(\N)c1cc(B(O)O)ccc1Nc1cccc(C(F)(F)F)c1. The van der Waals surface area contributed by atoms with Crippen molar-refractivity contribution in [3.05, 3.63) is 53.6 Å². The zero-order chi connectivity index (χ0) is 19.5. The quantitative estimate of drug-likeness (QED) is 0.173. The zero-order valence-corrected chi connectivity index (χ0v) is 13.7. The fourth-order valence-electron chi connectivity index (χ4n) is 2.20. The van der Waals surface area contributed by atoms with Crippen LogP contribution in [0.4, 0.5) is 24.5 Å². The van der Waals surface area contributed by atoms with E-state index in [1.807, 2.05) is 0 Å². The van der Waals surface area contributed by atoms with Crippen LogP contribution in [-0.4, -0.2) is 35.2 Å². The lowest BCUT2D eigenvalue weighted by molar-refractivity contribution is -0.137. The highest BCUT2D eigenvalue weighted by Crippen LogP contribution is 2.31. The number of hydrogen-bond acceptors (Lipinski definition) is 6. The fourth-order valence-corrected chi connectivity index (χ4v) is 2.20. The van der Waals surface area contributed by atoms with Crippen LogP contribution >= 0.6 is 0 Å². The molecule has 0 aliphatic carbocycles. The van der Waals surface area contributed by atoms with Gasteiger partial charge in [-0.25, -0.2) is 11.0 Å². The molecule has 0 aromatic heterocycles. The van der Waals surface area contributed by atoms with Crippen molar-refractivity contribution in [2.45, 2.75) is 6.18 Å². The molecule has 0 saturated heterocycles. The third kappa shape index (κ3) is 4.88. The lowest BCUT2D eigenvalue weighted by atomic mass is 9.79. The molecule has 0 radical (unpaired) electrons. The average molecular weight is 367 g/mol. The van der Waals surface area contributed by atoms with E-state index in [1.165, 1.54) is 37.4 Å². The van der Waals surface area contributed by atoms with E-state index in [2.05, 4.69) is 10.4 Å². The Bertz CT molecular complexity index is 812. The molecule has 0 amide bonds. The third-order valence-electron chi connectivity index (χ3n) is 3.35. The molecule has 0 heterocycles. The van der Waals surface area contributed by atoms with Crippen molar-refractivity contribution < 1.29 is 23.2 Å². The summed E-state index contributed by atoms with van der Waals surface area (Å²) in [5, 5.41) is 26.2. The molecule has 138 valence electrons. The molecule has 0 atom stereocenters. The Kier molecular flexibility index (Phi) is 5.75. The van der Waals surface area contributed by atoms with Crippen LogP contribution in [0.2, 0.25) is 0 Å². The standard InChI is InChI=1S/C15H17BF3N5O2/c1-24(21)23-14(20)12-8-10(16(25)26)5-6-13(12)22-11-4-2-3-9(7-11)15(17,18)19/h2-8,22,25-26H,21H2,1H3,(H2,20,23). The van der Waals surface area contributed by atoms with E-state index in [1.54, 1.807) is 0 Å². The molecule has 0 fully saturated rings. The number of hydrogen-bond donors (Lipinski definition) is 5. The van der Waals surface area contributed by atoms with Crippen LogP contribution in [0.1, 0.15) is 11.1 Å². The molecule has 26 heavy (non-hydrogen) atoms.